The van der Waals surface area contributed by atoms with Crippen LogP contribution in [0.5, 0.6) is 5.95 Å². The first-order chi connectivity index (χ1) is 4.33. The van der Waals surface area contributed by atoms with Gasteiger partial charge in [0, 0.05) is 12.1 Å². The minimum atomic E-state index is -0.394. The monoisotopic (exact) mass is 126 g/mol. The SMILES string of the molecule is COc1cccc(=O)o1. The van der Waals surface area contributed by atoms with Crippen LogP contribution in [0, 0.1) is 0 Å². The van der Waals surface area contributed by atoms with Gasteiger partial charge in [-0.05, 0) is 6.07 Å². The maximum absolute atomic E-state index is 10.4. The lowest BCUT2D eigenvalue weighted by Crippen LogP contribution is -1.95. The Kier molecular flexibility index (Phi) is 1.53. The molecule has 0 saturated heterocycles. The van der Waals surface area contributed by atoms with Gasteiger partial charge < -0.3 is 9.15 Å². The number of ether oxygens (including phenoxy) is 1. The standard InChI is InChI=1S/C6H6O3/c1-8-6-4-2-3-5(7)9-6/h2-4H,1H3. The summed E-state index contributed by atoms with van der Waals surface area (Å²) in [7, 11) is 1.44. The lowest BCUT2D eigenvalue weighted by atomic mass is 10.5. The molecular weight excluding hydrogens is 120 g/mol. The van der Waals surface area contributed by atoms with Crippen LogP contribution in [0.1, 0.15) is 0 Å². The largest absolute Gasteiger partial charge is 0.468 e. The van der Waals surface area contributed by atoms with E-state index in [0.717, 1.165) is 0 Å². The molecule has 0 amide bonds. The molecule has 3 nitrogen and oxygen atoms in total. The van der Waals surface area contributed by atoms with Crippen molar-refractivity contribution in [2.75, 3.05) is 7.11 Å². The quantitative estimate of drug-likeness (QED) is 0.554. The minimum Gasteiger partial charge on any atom is -0.468 e. The highest BCUT2D eigenvalue weighted by Crippen LogP contribution is 2.02. The molecule has 1 aromatic rings. The first-order valence-corrected chi connectivity index (χ1v) is 2.47. The molecular formula is C6H6O3. The van der Waals surface area contributed by atoms with E-state index in [2.05, 4.69) is 9.15 Å². The normalized spacial score (nSPS) is 9.00. The van der Waals surface area contributed by atoms with Crippen LogP contribution >= 0.6 is 0 Å². The molecule has 9 heavy (non-hydrogen) atoms. The van der Waals surface area contributed by atoms with Crippen molar-refractivity contribution in [3.8, 4) is 5.95 Å². The van der Waals surface area contributed by atoms with Gasteiger partial charge in [-0.2, -0.15) is 0 Å². The summed E-state index contributed by atoms with van der Waals surface area (Å²) < 4.78 is 9.18. The molecule has 0 bridgehead atoms. The van der Waals surface area contributed by atoms with E-state index in [1.54, 1.807) is 12.1 Å². The molecule has 1 heterocycles. The summed E-state index contributed by atoms with van der Waals surface area (Å²) in [6.45, 7) is 0. The van der Waals surface area contributed by atoms with Crippen LogP contribution in [0.25, 0.3) is 0 Å². The van der Waals surface area contributed by atoms with Gasteiger partial charge in [0.25, 0.3) is 5.95 Å². The third kappa shape index (κ3) is 1.32. The number of rotatable bonds is 1. The number of hydrogen-bond donors (Lipinski definition) is 0. The second kappa shape index (κ2) is 2.35. The lowest BCUT2D eigenvalue weighted by molar-refractivity contribution is 0.286. The molecule has 1 rings (SSSR count). The van der Waals surface area contributed by atoms with Crippen LogP contribution < -0.4 is 10.4 Å². The van der Waals surface area contributed by atoms with Crippen molar-refractivity contribution in [2.45, 2.75) is 0 Å². The summed E-state index contributed by atoms with van der Waals surface area (Å²) >= 11 is 0. The van der Waals surface area contributed by atoms with E-state index < -0.39 is 5.63 Å². The van der Waals surface area contributed by atoms with E-state index in [-0.39, 0.29) is 5.95 Å². The zero-order chi connectivity index (χ0) is 6.69. The molecule has 48 valence electrons. The molecule has 0 spiro atoms. The highest BCUT2D eigenvalue weighted by molar-refractivity contribution is 5.03. The highest BCUT2D eigenvalue weighted by atomic mass is 16.6. The maximum atomic E-state index is 10.4. The smallest absolute Gasteiger partial charge is 0.338 e. The molecule has 0 aliphatic heterocycles. The van der Waals surface area contributed by atoms with Gasteiger partial charge in [-0.3, -0.25) is 0 Å². The van der Waals surface area contributed by atoms with Gasteiger partial charge in [0.15, 0.2) is 0 Å². The zero-order valence-corrected chi connectivity index (χ0v) is 4.96. The van der Waals surface area contributed by atoms with Gasteiger partial charge in [0.2, 0.25) is 0 Å². The maximum Gasteiger partial charge on any atom is 0.338 e. The Bertz CT molecular complexity index is 238. The summed E-state index contributed by atoms with van der Waals surface area (Å²) in [4.78, 5) is 10.4. The molecule has 3 heteroatoms. The van der Waals surface area contributed by atoms with Crippen molar-refractivity contribution >= 4 is 0 Å². The average molecular weight is 126 g/mol. The Labute approximate surface area is 51.9 Å². The van der Waals surface area contributed by atoms with Crippen molar-refractivity contribution in [3.63, 3.8) is 0 Å². The van der Waals surface area contributed by atoms with Gasteiger partial charge in [-0.25, -0.2) is 4.79 Å². The van der Waals surface area contributed by atoms with E-state index >= 15 is 0 Å². The van der Waals surface area contributed by atoms with Crippen LogP contribution in [0.15, 0.2) is 27.4 Å². The molecule has 0 fully saturated rings. The van der Waals surface area contributed by atoms with Gasteiger partial charge in [0.1, 0.15) is 0 Å². The van der Waals surface area contributed by atoms with Crippen LogP contribution in [0.3, 0.4) is 0 Å². The van der Waals surface area contributed by atoms with E-state index in [1.807, 2.05) is 0 Å². The van der Waals surface area contributed by atoms with E-state index in [1.165, 1.54) is 13.2 Å². The molecule has 0 aliphatic carbocycles. The first kappa shape index (κ1) is 5.88. The van der Waals surface area contributed by atoms with Crippen molar-refractivity contribution in [1.82, 2.24) is 0 Å². The Balaban J connectivity index is 3.08. The predicted octanol–water partition coefficient (Wildman–Crippen LogP) is 0.648. The second-order valence-electron chi connectivity index (χ2n) is 1.47. The first-order valence-electron chi connectivity index (χ1n) is 2.47. The Morgan fingerprint density at radius 1 is 1.56 bits per heavy atom. The topological polar surface area (TPSA) is 39.4 Å². The summed E-state index contributed by atoms with van der Waals surface area (Å²) in [6.07, 6.45) is 0. The Morgan fingerprint density at radius 3 is 2.78 bits per heavy atom. The Hall–Kier alpha value is -1.25. The fourth-order valence-electron chi connectivity index (χ4n) is 0.482. The highest BCUT2D eigenvalue weighted by Gasteiger charge is 1.89. The van der Waals surface area contributed by atoms with Crippen LogP contribution in [-0.4, -0.2) is 7.11 Å². The van der Waals surface area contributed by atoms with Crippen molar-refractivity contribution in [1.29, 1.82) is 0 Å². The van der Waals surface area contributed by atoms with Crippen molar-refractivity contribution in [3.05, 3.63) is 28.6 Å². The summed E-state index contributed by atoms with van der Waals surface area (Å²) in [5.41, 5.74) is -0.394. The molecule has 1 aromatic heterocycles. The van der Waals surface area contributed by atoms with Crippen LogP contribution in [0.4, 0.5) is 0 Å². The van der Waals surface area contributed by atoms with E-state index in [0.29, 0.717) is 0 Å². The van der Waals surface area contributed by atoms with Crippen molar-refractivity contribution in [2.24, 2.45) is 0 Å². The molecule has 0 aliphatic rings. The lowest BCUT2D eigenvalue weighted by Gasteiger charge is -1.92. The average Bonchev–Trinajstić information content (AvgIpc) is 1.88. The molecule has 0 N–H and O–H groups in total. The fourth-order valence-corrected chi connectivity index (χ4v) is 0.482. The predicted molar refractivity (Wildman–Crippen MR) is 31.5 cm³/mol. The van der Waals surface area contributed by atoms with Crippen LogP contribution in [-0.2, 0) is 0 Å². The molecule has 0 atom stereocenters. The van der Waals surface area contributed by atoms with Gasteiger partial charge in [-0.1, -0.05) is 0 Å². The van der Waals surface area contributed by atoms with Crippen molar-refractivity contribution < 1.29 is 9.15 Å². The molecule has 0 radical (unpaired) electrons. The van der Waals surface area contributed by atoms with Gasteiger partial charge >= 0.3 is 5.63 Å². The summed E-state index contributed by atoms with van der Waals surface area (Å²) in [5, 5.41) is 0. The molecule has 0 aromatic carbocycles. The second-order valence-corrected chi connectivity index (χ2v) is 1.47. The molecule has 0 unspecified atom stereocenters. The van der Waals surface area contributed by atoms with Crippen LogP contribution in [0.2, 0.25) is 0 Å². The molecule has 0 saturated carbocycles. The summed E-state index contributed by atoms with van der Waals surface area (Å²) in [5.74, 6) is 0.238. The minimum absolute atomic E-state index is 0.238. The van der Waals surface area contributed by atoms with Gasteiger partial charge in [0.05, 0.1) is 7.11 Å². The van der Waals surface area contributed by atoms with Gasteiger partial charge in [-0.15, -0.1) is 0 Å². The summed E-state index contributed by atoms with van der Waals surface area (Å²) in [6, 6.07) is 4.47. The number of methoxy groups -OCH3 is 1. The van der Waals surface area contributed by atoms with E-state index in [9.17, 15) is 4.79 Å². The fraction of sp³-hybridized carbons (Fsp3) is 0.167. The third-order valence-electron chi connectivity index (χ3n) is 0.867. The number of hydrogen-bond acceptors (Lipinski definition) is 3. The zero-order valence-electron chi connectivity index (χ0n) is 4.96. The van der Waals surface area contributed by atoms with E-state index in [4.69, 9.17) is 0 Å². The Morgan fingerprint density at radius 2 is 2.33 bits per heavy atom. The third-order valence-corrected chi connectivity index (χ3v) is 0.867.